The molecule has 0 unspecified atom stereocenters. The highest BCUT2D eigenvalue weighted by atomic mass is 16.1. The molecule has 1 saturated heterocycles. The molecule has 0 spiro atoms. The summed E-state index contributed by atoms with van der Waals surface area (Å²) in [5, 5.41) is 3.04. The van der Waals surface area contributed by atoms with Gasteiger partial charge in [-0.3, -0.25) is 9.69 Å². The van der Waals surface area contributed by atoms with Gasteiger partial charge in [0.2, 0.25) is 0 Å². The van der Waals surface area contributed by atoms with Crippen molar-refractivity contribution in [2.45, 2.75) is 6.54 Å². The Morgan fingerprint density at radius 1 is 0.929 bits per heavy atom. The zero-order valence-corrected chi connectivity index (χ0v) is 16.2. The molecule has 1 aliphatic heterocycles. The fourth-order valence-corrected chi connectivity index (χ4v) is 3.53. The molecule has 0 bridgehead atoms. The number of benzene rings is 2. The number of nitrogens with one attached hydrogen (secondary N) is 1. The van der Waals surface area contributed by atoms with E-state index >= 15 is 0 Å². The predicted molar refractivity (Wildman–Crippen MR) is 113 cm³/mol. The second-order valence-electron chi connectivity index (χ2n) is 7.37. The van der Waals surface area contributed by atoms with Gasteiger partial charge < -0.3 is 14.8 Å². The number of nitrogens with zero attached hydrogens (tertiary/aromatic N) is 3. The van der Waals surface area contributed by atoms with Crippen molar-refractivity contribution in [3.63, 3.8) is 0 Å². The van der Waals surface area contributed by atoms with Gasteiger partial charge in [0.05, 0.1) is 0 Å². The third-order valence-electron chi connectivity index (χ3n) is 5.20. The Bertz CT molecular complexity index is 927. The molecule has 5 nitrogen and oxygen atoms in total. The molecule has 144 valence electrons. The highest BCUT2D eigenvalue weighted by molar-refractivity contribution is 6.04. The second-order valence-corrected chi connectivity index (χ2v) is 7.37. The van der Waals surface area contributed by atoms with Gasteiger partial charge in [-0.1, -0.05) is 18.2 Å². The minimum atomic E-state index is -0.0919. The van der Waals surface area contributed by atoms with Crippen LogP contribution in [-0.4, -0.2) is 53.5 Å². The van der Waals surface area contributed by atoms with Crippen LogP contribution < -0.4 is 5.32 Å². The molecule has 3 aromatic rings. The summed E-state index contributed by atoms with van der Waals surface area (Å²) in [6, 6.07) is 19.8. The van der Waals surface area contributed by atoms with E-state index in [9.17, 15) is 4.79 Å². The smallest absolute Gasteiger partial charge is 0.255 e. The van der Waals surface area contributed by atoms with Crippen molar-refractivity contribution in [2.75, 3.05) is 38.5 Å². The Labute approximate surface area is 166 Å². The zero-order valence-electron chi connectivity index (χ0n) is 16.2. The average molecular weight is 374 g/mol. The molecule has 0 saturated carbocycles. The first-order chi connectivity index (χ1) is 13.7. The molecule has 1 N–H and O–H groups in total. The lowest BCUT2D eigenvalue weighted by molar-refractivity contribution is 0.102. The fraction of sp³-hybridized carbons (Fsp3) is 0.261. The first-order valence-corrected chi connectivity index (χ1v) is 9.72. The van der Waals surface area contributed by atoms with Crippen LogP contribution in [-0.2, 0) is 6.54 Å². The van der Waals surface area contributed by atoms with Crippen LogP contribution in [0.15, 0.2) is 73.1 Å². The van der Waals surface area contributed by atoms with E-state index in [4.69, 9.17) is 0 Å². The van der Waals surface area contributed by atoms with Crippen molar-refractivity contribution in [1.29, 1.82) is 0 Å². The van der Waals surface area contributed by atoms with Gasteiger partial charge >= 0.3 is 0 Å². The number of piperazine rings is 1. The normalized spacial score (nSPS) is 15.5. The number of carbonyl (C=O) groups excluding carboxylic acids is 1. The summed E-state index contributed by atoms with van der Waals surface area (Å²) in [6.07, 6.45) is 3.94. The van der Waals surface area contributed by atoms with Crippen LogP contribution in [0.2, 0.25) is 0 Å². The third kappa shape index (κ3) is 4.50. The predicted octanol–water partition coefficient (Wildman–Crippen LogP) is 3.48. The maximum Gasteiger partial charge on any atom is 0.255 e. The molecule has 2 heterocycles. The quantitative estimate of drug-likeness (QED) is 0.743. The topological polar surface area (TPSA) is 40.5 Å². The van der Waals surface area contributed by atoms with Gasteiger partial charge in [0.25, 0.3) is 5.91 Å². The van der Waals surface area contributed by atoms with Gasteiger partial charge in [0.1, 0.15) is 0 Å². The van der Waals surface area contributed by atoms with Gasteiger partial charge in [-0.15, -0.1) is 0 Å². The molecular weight excluding hydrogens is 348 g/mol. The Balaban J connectivity index is 1.43. The summed E-state index contributed by atoms with van der Waals surface area (Å²) in [4.78, 5) is 17.6. The Kier molecular flexibility index (Phi) is 5.55. The van der Waals surface area contributed by atoms with Crippen molar-refractivity contribution < 1.29 is 4.79 Å². The van der Waals surface area contributed by atoms with Gasteiger partial charge in [-0.25, -0.2) is 0 Å². The summed E-state index contributed by atoms with van der Waals surface area (Å²) in [7, 11) is 2.17. The molecule has 0 radical (unpaired) electrons. The Morgan fingerprint density at radius 3 is 2.46 bits per heavy atom. The lowest BCUT2D eigenvalue weighted by Gasteiger charge is -2.32. The molecule has 0 atom stereocenters. The van der Waals surface area contributed by atoms with E-state index in [0.29, 0.717) is 5.56 Å². The molecule has 1 fully saturated rings. The summed E-state index contributed by atoms with van der Waals surface area (Å²) >= 11 is 0. The average Bonchev–Trinajstić information content (AvgIpc) is 3.25. The van der Waals surface area contributed by atoms with E-state index < -0.39 is 0 Å². The lowest BCUT2D eigenvalue weighted by Crippen LogP contribution is -2.43. The van der Waals surface area contributed by atoms with Crippen LogP contribution in [0.4, 0.5) is 5.69 Å². The SMILES string of the molecule is CN1CCN(Cc2cccc(NC(=O)c3cccc(-n4cccc4)c3)c2)CC1. The zero-order chi connectivity index (χ0) is 19.3. The van der Waals surface area contributed by atoms with Gasteiger partial charge in [0, 0.05) is 62.1 Å². The first kappa shape index (κ1) is 18.5. The Morgan fingerprint density at radius 2 is 1.68 bits per heavy atom. The monoisotopic (exact) mass is 374 g/mol. The van der Waals surface area contributed by atoms with Crippen LogP contribution >= 0.6 is 0 Å². The van der Waals surface area contributed by atoms with Crippen LogP contribution in [0.3, 0.4) is 0 Å². The number of hydrogen-bond donors (Lipinski definition) is 1. The van der Waals surface area contributed by atoms with Crippen LogP contribution in [0.25, 0.3) is 5.69 Å². The maximum absolute atomic E-state index is 12.7. The minimum Gasteiger partial charge on any atom is -0.324 e. The van der Waals surface area contributed by atoms with E-state index in [1.165, 1.54) is 5.56 Å². The highest BCUT2D eigenvalue weighted by Crippen LogP contribution is 2.16. The maximum atomic E-state index is 12.7. The van der Waals surface area contributed by atoms with E-state index in [1.807, 2.05) is 65.5 Å². The summed E-state index contributed by atoms with van der Waals surface area (Å²) in [5.41, 5.74) is 3.68. The third-order valence-corrected chi connectivity index (χ3v) is 5.20. The fourth-order valence-electron chi connectivity index (χ4n) is 3.53. The van der Waals surface area contributed by atoms with E-state index in [1.54, 1.807) is 0 Å². The lowest BCUT2D eigenvalue weighted by atomic mass is 10.1. The van der Waals surface area contributed by atoms with Gasteiger partial charge in [-0.05, 0) is 55.1 Å². The number of rotatable bonds is 5. The van der Waals surface area contributed by atoms with E-state index in [0.717, 1.165) is 44.1 Å². The molecule has 5 heteroatoms. The number of hydrogen-bond acceptors (Lipinski definition) is 3. The van der Waals surface area contributed by atoms with Gasteiger partial charge in [-0.2, -0.15) is 0 Å². The summed E-state index contributed by atoms with van der Waals surface area (Å²) < 4.78 is 1.99. The number of aromatic nitrogens is 1. The molecule has 28 heavy (non-hydrogen) atoms. The second kappa shape index (κ2) is 8.42. The summed E-state index contributed by atoms with van der Waals surface area (Å²) in [6.45, 7) is 5.29. The molecule has 1 amide bonds. The van der Waals surface area contributed by atoms with Crippen LogP contribution in [0.1, 0.15) is 15.9 Å². The highest BCUT2D eigenvalue weighted by Gasteiger charge is 2.14. The van der Waals surface area contributed by atoms with Gasteiger partial charge in [0.15, 0.2) is 0 Å². The minimum absolute atomic E-state index is 0.0919. The molecular formula is C23H26N4O. The number of amides is 1. The van der Waals surface area contributed by atoms with Crippen LogP contribution in [0.5, 0.6) is 0 Å². The standard InChI is InChI=1S/C23H26N4O/c1-25-12-14-26(15-13-25)18-19-6-4-8-21(16-19)24-23(28)20-7-5-9-22(17-20)27-10-2-3-11-27/h2-11,16-17H,12-15,18H2,1H3,(H,24,28). The molecule has 1 aliphatic rings. The van der Waals surface area contributed by atoms with Crippen LogP contribution in [0, 0.1) is 0 Å². The molecule has 2 aromatic carbocycles. The number of carbonyl (C=O) groups is 1. The number of likely N-dealkylation sites (N-methyl/N-ethyl adjacent to an activating group) is 1. The molecule has 0 aliphatic carbocycles. The first-order valence-electron chi connectivity index (χ1n) is 9.72. The van der Waals surface area contributed by atoms with E-state index in [2.05, 4.69) is 34.3 Å². The summed E-state index contributed by atoms with van der Waals surface area (Å²) in [5.74, 6) is -0.0919. The molecule has 4 rings (SSSR count). The van der Waals surface area contributed by atoms with Crippen molar-refractivity contribution in [2.24, 2.45) is 0 Å². The van der Waals surface area contributed by atoms with E-state index in [-0.39, 0.29) is 5.91 Å². The largest absolute Gasteiger partial charge is 0.324 e. The molecule has 1 aromatic heterocycles. The number of anilines is 1. The van der Waals surface area contributed by atoms with Crippen molar-refractivity contribution in [1.82, 2.24) is 14.4 Å². The van der Waals surface area contributed by atoms with Crippen molar-refractivity contribution in [3.05, 3.63) is 84.2 Å². The Hall–Kier alpha value is -2.89. The van der Waals surface area contributed by atoms with Crippen molar-refractivity contribution >= 4 is 11.6 Å². The van der Waals surface area contributed by atoms with Crippen molar-refractivity contribution in [3.8, 4) is 5.69 Å².